The lowest BCUT2D eigenvalue weighted by molar-refractivity contribution is 0.0436. The number of fused-ring (bicyclic) bond motifs is 1. The van der Waals surface area contributed by atoms with Crippen molar-refractivity contribution in [1.29, 1.82) is 0 Å². The molecular weight excluding hydrogens is 384 g/mol. The van der Waals surface area contributed by atoms with E-state index in [-0.39, 0.29) is 5.92 Å². The minimum absolute atomic E-state index is 0.144. The van der Waals surface area contributed by atoms with Crippen LogP contribution in [0, 0.1) is 29.1 Å². The molecular formula is C28H44O3. The molecule has 0 aromatic carbocycles. The van der Waals surface area contributed by atoms with Gasteiger partial charge >= 0.3 is 0 Å². The van der Waals surface area contributed by atoms with Gasteiger partial charge in [0, 0.05) is 5.92 Å². The Morgan fingerprint density at radius 1 is 1.06 bits per heavy atom. The van der Waals surface area contributed by atoms with Gasteiger partial charge in [-0.2, -0.15) is 0 Å². The van der Waals surface area contributed by atoms with Crippen LogP contribution in [0.25, 0.3) is 0 Å². The third kappa shape index (κ3) is 5.26. The van der Waals surface area contributed by atoms with Crippen molar-refractivity contribution < 1.29 is 15.3 Å². The summed E-state index contributed by atoms with van der Waals surface area (Å²) >= 11 is 0. The fourth-order valence-corrected chi connectivity index (χ4v) is 6.28. The summed E-state index contributed by atoms with van der Waals surface area (Å²) in [5.74, 6) is 1.94. The second-order valence-electron chi connectivity index (χ2n) is 11.4. The second kappa shape index (κ2) is 9.37. The van der Waals surface area contributed by atoms with E-state index in [9.17, 15) is 15.3 Å². The maximum absolute atomic E-state index is 10.3. The quantitative estimate of drug-likeness (QED) is 0.490. The smallest absolute Gasteiger partial charge is 0.0809 e. The Bertz CT molecular complexity index is 737. The van der Waals surface area contributed by atoms with Crippen molar-refractivity contribution in [2.45, 2.75) is 97.4 Å². The molecule has 174 valence electrons. The van der Waals surface area contributed by atoms with Crippen LogP contribution in [-0.2, 0) is 0 Å². The van der Waals surface area contributed by atoms with Crippen LogP contribution in [0.2, 0.25) is 0 Å². The van der Waals surface area contributed by atoms with E-state index in [2.05, 4.69) is 51.7 Å². The van der Waals surface area contributed by atoms with E-state index < -0.39 is 17.8 Å². The summed E-state index contributed by atoms with van der Waals surface area (Å²) in [5, 5.41) is 30.5. The maximum atomic E-state index is 10.3. The van der Waals surface area contributed by atoms with Crippen molar-refractivity contribution in [3.05, 3.63) is 47.6 Å². The predicted molar refractivity (Wildman–Crippen MR) is 128 cm³/mol. The summed E-state index contributed by atoms with van der Waals surface area (Å²) < 4.78 is 0. The fourth-order valence-electron chi connectivity index (χ4n) is 6.28. The largest absolute Gasteiger partial charge is 0.390 e. The third-order valence-corrected chi connectivity index (χ3v) is 8.79. The normalized spacial score (nSPS) is 37.9. The highest BCUT2D eigenvalue weighted by atomic mass is 16.3. The van der Waals surface area contributed by atoms with Gasteiger partial charge in [-0.25, -0.2) is 0 Å². The van der Waals surface area contributed by atoms with E-state index in [0.29, 0.717) is 41.6 Å². The summed E-state index contributed by atoms with van der Waals surface area (Å²) in [6, 6.07) is 0. The number of aliphatic hydroxyl groups excluding tert-OH is 2. The average Bonchev–Trinajstić information content (AvgIpc) is 3.05. The zero-order valence-corrected chi connectivity index (χ0v) is 20.3. The number of allylic oxidation sites excluding steroid dienone is 4. The van der Waals surface area contributed by atoms with E-state index in [1.54, 1.807) is 5.57 Å². The Morgan fingerprint density at radius 3 is 2.32 bits per heavy atom. The molecule has 7 atom stereocenters. The van der Waals surface area contributed by atoms with E-state index in [1.165, 1.54) is 25.7 Å². The molecule has 0 saturated heterocycles. The zero-order chi connectivity index (χ0) is 23.0. The molecule has 3 N–H and O–H groups in total. The lowest BCUT2D eigenvalue weighted by Gasteiger charge is -2.44. The van der Waals surface area contributed by atoms with Crippen molar-refractivity contribution in [3.63, 3.8) is 0 Å². The van der Waals surface area contributed by atoms with Crippen LogP contribution in [0.4, 0.5) is 0 Å². The SMILES string of the molecule is C=C1[C@H](O)CC(=CC=C2CCC[C@]3(C)[C@@H]([C@@H](C)C=C[C@@H](C)C(C)(C)O)CC[C@@H]23)C[C@H]1O. The molecule has 31 heavy (non-hydrogen) atoms. The topological polar surface area (TPSA) is 60.7 Å². The molecule has 0 radical (unpaired) electrons. The first-order valence-corrected chi connectivity index (χ1v) is 12.3. The Labute approximate surface area is 189 Å². The molecule has 0 amide bonds. The molecule has 3 nitrogen and oxygen atoms in total. The lowest BCUT2D eigenvalue weighted by atomic mass is 9.61. The Hall–Kier alpha value is -1.16. The highest BCUT2D eigenvalue weighted by Gasteiger charge is 2.50. The minimum Gasteiger partial charge on any atom is -0.390 e. The van der Waals surface area contributed by atoms with Crippen LogP contribution in [0.5, 0.6) is 0 Å². The molecule has 3 fully saturated rings. The third-order valence-electron chi connectivity index (χ3n) is 8.79. The lowest BCUT2D eigenvalue weighted by Crippen LogP contribution is -2.35. The maximum Gasteiger partial charge on any atom is 0.0809 e. The molecule has 0 aromatic rings. The number of hydrogen-bond donors (Lipinski definition) is 3. The zero-order valence-electron chi connectivity index (χ0n) is 20.3. The van der Waals surface area contributed by atoms with Crippen LogP contribution in [-0.4, -0.2) is 33.1 Å². The van der Waals surface area contributed by atoms with E-state index in [4.69, 9.17) is 0 Å². The van der Waals surface area contributed by atoms with Crippen molar-refractivity contribution in [1.82, 2.24) is 0 Å². The van der Waals surface area contributed by atoms with Gasteiger partial charge < -0.3 is 15.3 Å². The predicted octanol–water partition coefficient (Wildman–Crippen LogP) is 5.73. The first-order chi connectivity index (χ1) is 14.4. The van der Waals surface area contributed by atoms with Crippen molar-refractivity contribution in [2.24, 2.45) is 29.1 Å². The molecule has 3 rings (SSSR count). The van der Waals surface area contributed by atoms with Gasteiger partial charge in [0.2, 0.25) is 0 Å². The molecule has 3 aliphatic carbocycles. The highest BCUT2D eigenvalue weighted by Crippen LogP contribution is 2.59. The average molecular weight is 429 g/mol. The Morgan fingerprint density at radius 2 is 1.71 bits per heavy atom. The van der Waals surface area contributed by atoms with Crippen LogP contribution in [0.1, 0.15) is 79.6 Å². The molecule has 0 unspecified atom stereocenters. The van der Waals surface area contributed by atoms with Gasteiger partial charge in [-0.3, -0.25) is 0 Å². The van der Waals surface area contributed by atoms with Crippen LogP contribution in [0.15, 0.2) is 47.6 Å². The second-order valence-corrected chi connectivity index (χ2v) is 11.4. The molecule has 3 saturated carbocycles. The molecule has 0 heterocycles. The van der Waals surface area contributed by atoms with Crippen molar-refractivity contribution in [2.75, 3.05) is 0 Å². The van der Waals surface area contributed by atoms with Crippen LogP contribution >= 0.6 is 0 Å². The minimum atomic E-state index is -0.681. The number of rotatable bonds is 5. The molecule has 3 aliphatic rings. The number of hydrogen-bond acceptors (Lipinski definition) is 3. The molecule has 0 bridgehead atoms. The number of aliphatic hydroxyl groups is 3. The van der Waals surface area contributed by atoms with Gasteiger partial charge in [-0.1, -0.05) is 62.8 Å². The summed E-state index contributed by atoms with van der Waals surface area (Å²) in [6.07, 6.45) is 15.1. The fraction of sp³-hybridized carbons (Fsp3) is 0.714. The van der Waals surface area contributed by atoms with Crippen molar-refractivity contribution >= 4 is 0 Å². The Balaban J connectivity index is 1.73. The highest BCUT2D eigenvalue weighted by molar-refractivity contribution is 5.29. The summed E-state index contributed by atoms with van der Waals surface area (Å²) in [5.41, 5.74) is 2.87. The standard InChI is InChI=1S/C28H44O3/c1-18(9-10-19(2)27(4,5)31)23-13-14-24-22(8-7-15-28(23,24)6)12-11-21-16-25(29)20(3)26(30)17-21/h9-12,18-19,23-26,29-31H,3,7-8,13-17H2,1-2,4-6H3/t18-,19+,23+,24-,25+,26+,28+/m0/s1. The van der Waals surface area contributed by atoms with Gasteiger partial charge in [0.25, 0.3) is 0 Å². The van der Waals surface area contributed by atoms with Gasteiger partial charge in [0.15, 0.2) is 0 Å². The van der Waals surface area contributed by atoms with Gasteiger partial charge in [0.05, 0.1) is 17.8 Å². The first kappa shape index (κ1) is 24.5. The van der Waals surface area contributed by atoms with E-state index in [1.807, 2.05) is 13.8 Å². The molecule has 0 aliphatic heterocycles. The van der Waals surface area contributed by atoms with Crippen LogP contribution < -0.4 is 0 Å². The van der Waals surface area contributed by atoms with E-state index >= 15 is 0 Å². The van der Waals surface area contributed by atoms with Crippen molar-refractivity contribution in [3.8, 4) is 0 Å². The van der Waals surface area contributed by atoms with Gasteiger partial charge in [0.1, 0.15) is 0 Å². The Kier molecular flexibility index (Phi) is 7.40. The summed E-state index contributed by atoms with van der Waals surface area (Å²) in [4.78, 5) is 0. The molecule has 0 aromatic heterocycles. The summed E-state index contributed by atoms with van der Waals surface area (Å²) in [6.45, 7) is 14.5. The van der Waals surface area contributed by atoms with E-state index in [0.717, 1.165) is 12.0 Å². The van der Waals surface area contributed by atoms with Crippen LogP contribution in [0.3, 0.4) is 0 Å². The molecule has 0 spiro atoms. The van der Waals surface area contributed by atoms with Gasteiger partial charge in [-0.15, -0.1) is 0 Å². The first-order valence-electron chi connectivity index (χ1n) is 12.3. The summed E-state index contributed by atoms with van der Waals surface area (Å²) in [7, 11) is 0. The molecule has 3 heteroatoms. The van der Waals surface area contributed by atoms with Gasteiger partial charge in [-0.05, 0) is 87.5 Å². The monoisotopic (exact) mass is 428 g/mol.